The molecule has 0 aromatic carbocycles. The normalized spacial score (nSPS) is 9.95. The maximum absolute atomic E-state index is 11.9. The van der Waals surface area contributed by atoms with Gasteiger partial charge >= 0.3 is 17.6 Å². The third-order valence-corrected chi connectivity index (χ3v) is 3.03. The van der Waals surface area contributed by atoms with Gasteiger partial charge in [-0.25, -0.2) is 9.59 Å². The fourth-order valence-electron chi connectivity index (χ4n) is 2.15. The number of rotatable bonds is 2. The van der Waals surface area contributed by atoms with Crippen molar-refractivity contribution in [3.8, 4) is 16.9 Å². The van der Waals surface area contributed by atoms with E-state index in [4.69, 9.17) is 0 Å². The number of fused-ring (bicyclic) bond motifs is 1. The highest BCUT2D eigenvalue weighted by Gasteiger charge is 2.41. The molecule has 0 amide bonds. The zero-order valence-electron chi connectivity index (χ0n) is 11.3. The average molecular weight is 287 g/mol. The summed E-state index contributed by atoms with van der Waals surface area (Å²) in [5, 5.41) is 19.2. The Morgan fingerprint density at radius 2 is 1.67 bits per heavy atom. The molecule has 2 rings (SSSR count). The Morgan fingerprint density at radius 3 is 2.24 bits per heavy atom. The molecular formula is C14H11N2O5+. The first-order valence-corrected chi connectivity index (χ1v) is 5.86. The van der Waals surface area contributed by atoms with E-state index < -0.39 is 11.9 Å². The van der Waals surface area contributed by atoms with Crippen LogP contribution in [0.15, 0.2) is 24.3 Å². The zero-order valence-corrected chi connectivity index (χ0v) is 11.3. The minimum absolute atomic E-state index is 0.0556. The van der Waals surface area contributed by atoms with Crippen LogP contribution in [-0.4, -0.2) is 31.3 Å². The van der Waals surface area contributed by atoms with Gasteiger partial charge < -0.3 is 14.6 Å². The summed E-state index contributed by atoms with van der Waals surface area (Å²) in [5.74, 6) is -1.89. The highest BCUT2D eigenvalue weighted by molar-refractivity contribution is 6.17. The van der Waals surface area contributed by atoms with Gasteiger partial charge in [-0.1, -0.05) is 18.2 Å². The van der Waals surface area contributed by atoms with Gasteiger partial charge in [0.15, 0.2) is 16.1 Å². The second kappa shape index (κ2) is 5.46. The minimum atomic E-state index is -0.843. The third kappa shape index (κ3) is 2.12. The lowest BCUT2D eigenvalue weighted by Gasteiger charge is -2.00. The summed E-state index contributed by atoms with van der Waals surface area (Å²) in [6, 6.07) is 5.95. The summed E-state index contributed by atoms with van der Waals surface area (Å²) in [4.78, 5) is 26.8. The molecule has 21 heavy (non-hydrogen) atoms. The third-order valence-electron chi connectivity index (χ3n) is 3.03. The number of methoxy groups -OCH3 is 2. The molecule has 0 radical (unpaired) electrons. The molecule has 0 aromatic rings. The standard InChI is InChI=1S/C14H10N2O5/c1-20-13(18)10-7-5-3-4-6-8(17)9(7)11(12(10)16-15)14(19)21-2/h3-6H,1-2H3/p+1. The van der Waals surface area contributed by atoms with Crippen molar-refractivity contribution < 1.29 is 24.2 Å². The molecule has 7 heteroatoms. The van der Waals surface area contributed by atoms with E-state index in [1.165, 1.54) is 18.2 Å². The van der Waals surface area contributed by atoms with E-state index >= 15 is 0 Å². The Bertz CT molecular complexity index is 748. The van der Waals surface area contributed by atoms with Crippen LogP contribution in [0.1, 0.15) is 20.7 Å². The fourth-order valence-corrected chi connectivity index (χ4v) is 2.15. The molecule has 0 spiro atoms. The number of carbonyl (C=O) groups excluding carboxylic acids is 2. The molecule has 0 unspecified atom stereocenters. The van der Waals surface area contributed by atoms with Crippen LogP contribution in [-0.2, 0) is 9.47 Å². The first-order valence-electron chi connectivity index (χ1n) is 5.86. The molecule has 0 saturated carbocycles. The van der Waals surface area contributed by atoms with Gasteiger partial charge in [0.25, 0.3) is 0 Å². The first-order chi connectivity index (χ1) is 10.1. The number of ether oxygens (including phenoxy) is 2. The van der Waals surface area contributed by atoms with Gasteiger partial charge in [0.2, 0.25) is 5.39 Å². The zero-order chi connectivity index (χ0) is 15.6. The van der Waals surface area contributed by atoms with E-state index in [-0.39, 0.29) is 33.7 Å². The maximum Gasteiger partial charge on any atom is 0.415 e. The van der Waals surface area contributed by atoms with Crippen LogP contribution in [0.4, 0.5) is 5.69 Å². The van der Waals surface area contributed by atoms with Crippen LogP contribution in [0.5, 0.6) is 5.75 Å². The summed E-state index contributed by atoms with van der Waals surface area (Å²) in [7, 11) is 2.29. The van der Waals surface area contributed by atoms with Crippen LogP contribution < -0.4 is 0 Å². The fraction of sp³-hybridized carbons (Fsp3) is 0.143. The van der Waals surface area contributed by atoms with Gasteiger partial charge in [0.1, 0.15) is 5.75 Å². The Labute approximate surface area is 119 Å². The van der Waals surface area contributed by atoms with E-state index in [2.05, 4.69) is 14.4 Å². The highest BCUT2D eigenvalue weighted by Crippen LogP contribution is 2.46. The first kappa shape index (κ1) is 14.3. The molecule has 7 nitrogen and oxygen atoms in total. The van der Waals surface area contributed by atoms with Gasteiger partial charge in [-0.05, 0) is 6.07 Å². The maximum atomic E-state index is 11.9. The predicted octanol–water partition coefficient (Wildman–Crippen LogP) is 2.55. The Balaban J connectivity index is 2.99. The molecule has 0 heterocycles. The van der Waals surface area contributed by atoms with Gasteiger partial charge in [-0.15, -0.1) is 0 Å². The van der Waals surface area contributed by atoms with E-state index in [1.807, 2.05) is 0 Å². The second-order valence-corrected chi connectivity index (χ2v) is 4.07. The van der Waals surface area contributed by atoms with Crippen LogP contribution in [0.25, 0.3) is 16.1 Å². The van der Waals surface area contributed by atoms with Crippen molar-refractivity contribution in [2.45, 2.75) is 0 Å². The minimum Gasteiger partial charge on any atom is -0.507 e. The molecular weight excluding hydrogens is 276 g/mol. The summed E-state index contributed by atoms with van der Waals surface area (Å²) in [6.07, 6.45) is 0. The SMILES string of the molecule is COC(=O)c1c2ccccc(O)c-2c(C(=O)OC)c1[N+]#N. The Hall–Kier alpha value is -3.14. The van der Waals surface area contributed by atoms with Crippen molar-refractivity contribution in [3.05, 3.63) is 40.4 Å². The van der Waals surface area contributed by atoms with Crippen LogP contribution in [0.2, 0.25) is 0 Å². The summed E-state index contributed by atoms with van der Waals surface area (Å²) >= 11 is 0. The molecule has 2 aliphatic carbocycles. The average Bonchev–Trinajstić information content (AvgIpc) is 2.72. The van der Waals surface area contributed by atoms with Crippen molar-refractivity contribution in [2.75, 3.05) is 14.2 Å². The van der Waals surface area contributed by atoms with E-state index in [0.29, 0.717) is 0 Å². The van der Waals surface area contributed by atoms with Crippen LogP contribution >= 0.6 is 0 Å². The van der Waals surface area contributed by atoms with E-state index in [9.17, 15) is 20.1 Å². The molecule has 1 N–H and O–H groups in total. The highest BCUT2D eigenvalue weighted by atomic mass is 16.5. The molecule has 0 atom stereocenters. The van der Waals surface area contributed by atoms with Gasteiger partial charge in [0.05, 0.1) is 14.2 Å². The number of esters is 2. The number of hydrogen-bond donors (Lipinski definition) is 1. The molecule has 0 aliphatic heterocycles. The monoisotopic (exact) mass is 287 g/mol. The van der Waals surface area contributed by atoms with Gasteiger partial charge in [-0.3, -0.25) is 0 Å². The van der Waals surface area contributed by atoms with Crippen molar-refractivity contribution >= 4 is 17.6 Å². The van der Waals surface area contributed by atoms with Crippen molar-refractivity contribution in [1.82, 2.24) is 0 Å². The van der Waals surface area contributed by atoms with Gasteiger partial charge in [0, 0.05) is 11.1 Å². The predicted molar refractivity (Wildman–Crippen MR) is 72.2 cm³/mol. The lowest BCUT2D eigenvalue weighted by molar-refractivity contribution is 0.0600. The number of hydrogen-bond acceptors (Lipinski definition) is 6. The number of nitrogens with zero attached hydrogens (tertiary/aromatic N) is 2. The van der Waals surface area contributed by atoms with Crippen LogP contribution in [0.3, 0.4) is 0 Å². The smallest absolute Gasteiger partial charge is 0.415 e. The Morgan fingerprint density at radius 1 is 1.10 bits per heavy atom. The molecule has 0 saturated heterocycles. The van der Waals surface area contributed by atoms with E-state index in [1.54, 1.807) is 6.07 Å². The summed E-state index contributed by atoms with van der Waals surface area (Å²) in [6.45, 7) is 0. The molecule has 0 fully saturated rings. The molecule has 0 aromatic heterocycles. The largest absolute Gasteiger partial charge is 0.507 e. The molecule has 0 bridgehead atoms. The van der Waals surface area contributed by atoms with Crippen molar-refractivity contribution in [2.24, 2.45) is 0 Å². The number of aromatic hydroxyl groups is 1. The quantitative estimate of drug-likeness (QED) is 0.672. The number of diazo groups is 1. The lowest BCUT2D eigenvalue weighted by Crippen LogP contribution is -2.02. The summed E-state index contributed by atoms with van der Waals surface area (Å²) in [5.41, 5.74) is -0.353. The molecule has 2 aliphatic rings. The topological polar surface area (TPSA) is 101 Å². The van der Waals surface area contributed by atoms with Gasteiger partial charge in [-0.2, -0.15) is 0 Å². The van der Waals surface area contributed by atoms with Crippen molar-refractivity contribution in [3.63, 3.8) is 0 Å². The number of carbonyl (C=O) groups is 2. The molecule has 106 valence electrons. The van der Waals surface area contributed by atoms with Crippen LogP contribution in [0, 0.1) is 5.39 Å². The lowest BCUT2D eigenvalue weighted by atomic mass is 10.1. The second-order valence-electron chi connectivity index (χ2n) is 4.07. The summed E-state index contributed by atoms with van der Waals surface area (Å²) < 4.78 is 9.27. The van der Waals surface area contributed by atoms with E-state index in [0.717, 1.165) is 14.2 Å². The van der Waals surface area contributed by atoms with Crippen molar-refractivity contribution in [1.29, 1.82) is 5.39 Å². The Kier molecular flexibility index (Phi) is 3.71.